The van der Waals surface area contributed by atoms with Crippen LogP contribution in [0.2, 0.25) is 0 Å². The molecule has 0 unspecified atom stereocenters. The highest BCUT2D eigenvalue weighted by molar-refractivity contribution is 7.99. The van der Waals surface area contributed by atoms with E-state index in [1.807, 2.05) is 34.4 Å². The molecule has 12 aromatic rings. The molecule has 0 radical (unpaired) electrons. The Labute approximate surface area is 377 Å². The first-order valence-electron chi connectivity index (χ1n) is 21.5. The van der Waals surface area contributed by atoms with E-state index in [9.17, 15) is 0 Å². The van der Waals surface area contributed by atoms with Crippen LogP contribution in [0.15, 0.2) is 222 Å². The smallest absolute Gasteiger partial charge is 0.0736 e. The SMILES string of the molecule is c1ccc(-c2cc(N(c3ccc4c(c3)C3(c5ccccc5S4)c4ccccc4-c4ccccc43)c3ccc4sc5ccccc5c4c3)cc3c2sc2c4ccccc4ccc32)cc1. The molecule has 294 valence electrons. The average molecular weight is 854 g/mol. The molecule has 10 aromatic carbocycles. The number of hydrogen-bond acceptors (Lipinski definition) is 4. The number of anilines is 3. The molecule has 0 saturated carbocycles. The highest BCUT2D eigenvalue weighted by Crippen LogP contribution is 2.63. The van der Waals surface area contributed by atoms with Gasteiger partial charge in [0, 0.05) is 72.8 Å². The molecule has 0 atom stereocenters. The van der Waals surface area contributed by atoms with E-state index in [4.69, 9.17) is 0 Å². The van der Waals surface area contributed by atoms with E-state index >= 15 is 0 Å². The van der Waals surface area contributed by atoms with Crippen molar-refractivity contribution in [3.63, 3.8) is 0 Å². The van der Waals surface area contributed by atoms with E-state index in [-0.39, 0.29) is 0 Å². The minimum absolute atomic E-state index is 0.483. The summed E-state index contributed by atoms with van der Waals surface area (Å²) in [6.07, 6.45) is 0. The third-order valence-electron chi connectivity index (χ3n) is 13.5. The molecule has 2 aromatic heterocycles. The maximum atomic E-state index is 2.54. The van der Waals surface area contributed by atoms with Crippen molar-refractivity contribution < 1.29 is 0 Å². The van der Waals surface area contributed by atoms with Gasteiger partial charge in [-0.05, 0) is 110 Å². The Hall–Kier alpha value is -6.95. The number of rotatable bonds is 4. The van der Waals surface area contributed by atoms with Crippen molar-refractivity contribution in [1.29, 1.82) is 0 Å². The van der Waals surface area contributed by atoms with Crippen LogP contribution in [0.25, 0.3) is 73.4 Å². The molecule has 3 heterocycles. The lowest BCUT2D eigenvalue weighted by molar-refractivity contribution is 0.722. The third kappa shape index (κ3) is 5.06. The monoisotopic (exact) mass is 853 g/mol. The maximum Gasteiger partial charge on any atom is 0.0736 e. The minimum atomic E-state index is -0.483. The molecule has 14 rings (SSSR count). The molecule has 0 fully saturated rings. The largest absolute Gasteiger partial charge is 0.310 e. The van der Waals surface area contributed by atoms with Gasteiger partial charge >= 0.3 is 0 Å². The first kappa shape index (κ1) is 35.6. The van der Waals surface area contributed by atoms with Gasteiger partial charge in [0.15, 0.2) is 0 Å². The van der Waals surface area contributed by atoms with Gasteiger partial charge in [-0.2, -0.15) is 0 Å². The lowest BCUT2D eigenvalue weighted by Crippen LogP contribution is -2.32. The highest BCUT2D eigenvalue weighted by atomic mass is 32.2. The fourth-order valence-electron chi connectivity index (χ4n) is 10.8. The van der Waals surface area contributed by atoms with Crippen LogP contribution in [0, 0.1) is 0 Å². The second-order valence-electron chi connectivity index (χ2n) is 16.7. The van der Waals surface area contributed by atoms with Crippen molar-refractivity contribution in [3.8, 4) is 22.3 Å². The second-order valence-corrected chi connectivity index (χ2v) is 19.9. The van der Waals surface area contributed by atoms with Gasteiger partial charge in [0.25, 0.3) is 0 Å². The Balaban J connectivity index is 1.09. The summed E-state index contributed by atoms with van der Waals surface area (Å²) in [7, 11) is 0. The molecule has 0 amide bonds. The van der Waals surface area contributed by atoms with Gasteiger partial charge < -0.3 is 4.90 Å². The van der Waals surface area contributed by atoms with Gasteiger partial charge in [0.2, 0.25) is 0 Å². The fraction of sp³-hybridized carbons (Fsp3) is 0.0169. The number of nitrogens with zero attached hydrogens (tertiary/aromatic N) is 1. The molecular formula is C59H35NS3. The summed E-state index contributed by atoms with van der Waals surface area (Å²) in [5.41, 5.74) is 13.4. The lowest BCUT2D eigenvalue weighted by atomic mass is 9.67. The van der Waals surface area contributed by atoms with E-state index in [2.05, 4.69) is 217 Å². The molecule has 1 spiro atoms. The normalized spacial score (nSPS) is 13.5. The average Bonchev–Trinajstić information content (AvgIpc) is 4.01. The Bertz CT molecular complexity index is 3810. The predicted octanol–water partition coefficient (Wildman–Crippen LogP) is 17.5. The quantitative estimate of drug-likeness (QED) is 0.174. The van der Waals surface area contributed by atoms with Gasteiger partial charge in [0.05, 0.1) is 5.41 Å². The minimum Gasteiger partial charge on any atom is -0.310 e. The molecule has 1 aliphatic heterocycles. The summed E-state index contributed by atoms with van der Waals surface area (Å²) in [6, 6.07) is 79.9. The van der Waals surface area contributed by atoms with Gasteiger partial charge in [-0.25, -0.2) is 0 Å². The van der Waals surface area contributed by atoms with Crippen LogP contribution in [0.5, 0.6) is 0 Å². The lowest BCUT2D eigenvalue weighted by Gasteiger charge is -2.40. The molecule has 4 heteroatoms. The van der Waals surface area contributed by atoms with E-state index in [0.29, 0.717) is 0 Å². The third-order valence-corrected chi connectivity index (χ3v) is 17.1. The van der Waals surface area contributed by atoms with E-state index in [0.717, 1.165) is 17.1 Å². The first-order chi connectivity index (χ1) is 31.2. The zero-order valence-electron chi connectivity index (χ0n) is 33.9. The Morgan fingerprint density at radius 2 is 0.968 bits per heavy atom. The Morgan fingerprint density at radius 1 is 0.333 bits per heavy atom. The van der Waals surface area contributed by atoms with Crippen LogP contribution in [-0.4, -0.2) is 0 Å². The predicted molar refractivity (Wildman–Crippen MR) is 271 cm³/mol. The summed E-state index contributed by atoms with van der Waals surface area (Å²) >= 11 is 5.69. The van der Waals surface area contributed by atoms with E-state index < -0.39 is 5.41 Å². The van der Waals surface area contributed by atoms with Crippen molar-refractivity contribution in [2.24, 2.45) is 0 Å². The maximum absolute atomic E-state index is 2.54. The molecule has 0 N–H and O–H groups in total. The van der Waals surface area contributed by atoms with Crippen LogP contribution in [0.3, 0.4) is 0 Å². The number of fused-ring (bicyclic) bond motifs is 17. The molecule has 1 nitrogen and oxygen atoms in total. The van der Waals surface area contributed by atoms with E-state index in [1.54, 1.807) is 0 Å². The molecule has 0 bridgehead atoms. The van der Waals surface area contributed by atoms with Crippen LogP contribution in [0.4, 0.5) is 17.1 Å². The van der Waals surface area contributed by atoms with Gasteiger partial charge in [-0.15, -0.1) is 22.7 Å². The Kier molecular flexibility index (Phi) is 7.65. The van der Waals surface area contributed by atoms with Crippen molar-refractivity contribution in [2.75, 3.05) is 4.90 Å². The number of thiophene rings is 2. The van der Waals surface area contributed by atoms with Gasteiger partial charge in [-0.1, -0.05) is 163 Å². The van der Waals surface area contributed by atoms with Crippen LogP contribution in [-0.2, 0) is 5.41 Å². The van der Waals surface area contributed by atoms with E-state index in [1.165, 1.54) is 105 Å². The standard InChI is InChI=1S/C59H35NS3/c1-2-14-36(15-3-1)46-33-40(34-48-45-29-26-37-16-4-5-17-41(37)57(45)63-58(46)48)60(38-27-30-54-47(32-38)44-20-8-12-24-53(44)61-54)39-28-31-56-52(35-39)59(51-23-11-13-25-55(51)62-56)49-21-9-6-18-42(49)43-19-7-10-22-50(43)59/h1-35H. The van der Waals surface area contributed by atoms with Crippen LogP contribution >= 0.6 is 34.4 Å². The summed E-state index contributed by atoms with van der Waals surface area (Å²) in [4.78, 5) is 5.14. The summed E-state index contributed by atoms with van der Waals surface area (Å²) in [5, 5.41) is 7.73. The fourth-order valence-corrected chi connectivity index (χ4v) is 14.4. The van der Waals surface area contributed by atoms with Crippen LogP contribution in [0.1, 0.15) is 22.3 Å². The summed E-state index contributed by atoms with van der Waals surface area (Å²) in [5.74, 6) is 0. The second kappa shape index (κ2) is 13.5. The molecular weight excluding hydrogens is 819 g/mol. The molecule has 63 heavy (non-hydrogen) atoms. The zero-order chi connectivity index (χ0) is 41.2. The van der Waals surface area contributed by atoms with Crippen molar-refractivity contribution in [3.05, 3.63) is 235 Å². The zero-order valence-corrected chi connectivity index (χ0v) is 36.3. The van der Waals surface area contributed by atoms with Crippen LogP contribution < -0.4 is 4.90 Å². The van der Waals surface area contributed by atoms with Crippen molar-refractivity contribution in [1.82, 2.24) is 0 Å². The molecule has 1 aliphatic carbocycles. The van der Waals surface area contributed by atoms with Gasteiger partial charge in [0.1, 0.15) is 0 Å². The van der Waals surface area contributed by atoms with Crippen molar-refractivity contribution in [2.45, 2.75) is 15.2 Å². The summed E-state index contributed by atoms with van der Waals surface area (Å²) in [6.45, 7) is 0. The molecule has 0 saturated heterocycles. The Morgan fingerprint density at radius 3 is 1.81 bits per heavy atom. The highest BCUT2D eigenvalue weighted by Gasteiger charge is 2.50. The van der Waals surface area contributed by atoms with Gasteiger partial charge in [-0.3, -0.25) is 0 Å². The van der Waals surface area contributed by atoms with Crippen molar-refractivity contribution >= 4 is 103 Å². The topological polar surface area (TPSA) is 3.24 Å². The summed E-state index contributed by atoms with van der Waals surface area (Å²) < 4.78 is 5.26. The number of hydrogen-bond donors (Lipinski definition) is 0. The number of benzene rings is 10. The molecule has 2 aliphatic rings. The first-order valence-corrected chi connectivity index (χ1v) is 23.9.